The van der Waals surface area contributed by atoms with Crippen molar-refractivity contribution >= 4 is 5.91 Å². The van der Waals surface area contributed by atoms with Gasteiger partial charge in [-0.25, -0.2) is 8.78 Å². The van der Waals surface area contributed by atoms with Crippen molar-refractivity contribution in [2.45, 2.75) is 19.5 Å². The normalized spacial score (nSPS) is 16.9. The van der Waals surface area contributed by atoms with E-state index in [1.54, 1.807) is 17.0 Å². The lowest BCUT2D eigenvalue weighted by molar-refractivity contribution is 0.0548. The van der Waals surface area contributed by atoms with Gasteiger partial charge in [-0.15, -0.1) is 0 Å². The van der Waals surface area contributed by atoms with Crippen LogP contribution in [0.4, 0.5) is 8.78 Å². The molecular formula is C18H21F2N3O2. The van der Waals surface area contributed by atoms with E-state index in [4.69, 9.17) is 10.2 Å². The highest BCUT2D eigenvalue weighted by Gasteiger charge is 2.27. The minimum Gasteiger partial charge on any atom is -0.455 e. The molecule has 2 aromatic rings. The molecule has 25 heavy (non-hydrogen) atoms. The average molecular weight is 349 g/mol. The van der Waals surface area contributed by atoms with Crippen molar-refractivity contribution < 1.29 is 18.0 Å². The van der Waals surface area contributed by atoms with Crippen LogP contribution in [-0.4, -0.2) is 41.9 Å². The fourth-order valence-corrected chi connectivity index (χ4v) is 3.11. The smallest absolute Gasteiger partial charge is 0.289 e. The zero-order valence-electron chi connectivity index (χ0n) is 14.0. The molecule has 7 heteroatoms. The summed E-state index contributed by atoms with van der Waals surface area (Å²) in [5.74, 6) is -0.441. The van der Waals surface area contributed by atoms with Crippen LogP contribution in [0, 0.1) is 11.6 Å². The van der Waals surface area contributed by atoms with Crippen LogP contribution in [0.15, 0.2) is 34.7 Å². The first-order chi connectivity index (χ1) is 12.0. The van der Waals surface area contributed by atoms with Crippen molar-refractivity contribution in [3.05, 3.63) is 59.1 Å². The number of nitrogens with zero attached hydrogens (tertiary/aromatic N) is 2. The summed E-state index contributed by atoms with van der Waals surface area (Å²) < 4.78 is 32.4. The summed E-state index contributed by atoms with van der Waals surface area (Å²) in [6.07, 6.45) is 0. The number of amides is 1. The van der Waals surface area contributed by atoms with Crippen LogP contribution in [0.2, 0.25) is 0 Å². The Hall–Kier alpha value is -2.25. The van der Waals surface area contributed by atoms with Gasteiger partial charge >= 0.3 is 0 Å². The van der Waals surface area contributed by atoms with Crippen molar-refractivity contribution in [3.8, 4) is 0 Å². The molecule has 1 atom stereocenters. The molecule has 1 aromatic carbocycles. The maximum absolute atomic E-state index is 14.0. The third-order valence-electron chi connectivity index (χ3n) is 4.64. The first kappa shape index (κ1) is 17.6. The molecule has 0 radical (unpaired) electrons. The molecule has 0 bridgehead atoms. The summed E-state index contributed by atoms with van der Waals surface area (Å²) in [6, 6.07) is 6.78. The Labute approximate surface area is 145 Å². The van der Waals surface area contributed by atoms with E-state index in [-0.39, 0.29) is 24.3 Å². The van der Waals surface area contributed by atoms with Crippen LogP contribution in [0.25, 0.3) is 0 Å². The highest BCUT2D eigenvalue weighted by atomic mass is 19.1. The fraction of sp³-hybridized carbons (Fsp3) is 0.389. The average Bonchev–Trinajstić information content (AvgIpc) is 3.10. The topological polar surface area (TPSA) is 62.7 Å². The maximum Gasteiger partial charge on any atom is 0.289 e. The van der Waals surface area contributed by atoms with Gasteiger partial charge in [0.15, 0.2) is 5.76 Å². The number of rotatable bonds is 4. The van der Waals surface area contributed by atoms with E-state index in [1.807, 2.05) is 6.92 Å². The van der Waals surface area contributed by atoms with Crippen LogP contribution in [0.1, 0.15) is 34.8 Å². The van der Waals surface area contributed by atoms with E-state index >= 15 is 0 Å². The number of halogens is 2. The Morgan fingerprint density at radius 2 is 1.92 bits per heavy atom. The van der Waals surface area contributed by atoms with Crippen molar-refractivity contribution in [1.29, 1.82) is 0 Å². The van der Waals surface area contributed by atoms with Crippen LogP contribution in [0.3, 0.4) is 0 Å². The van der Waals surface area contributed by atoms with E-state index in [9.17, 15) is 13.6 Å². The molecule has 1 saturated heterocycles. The molecule has 0 aliphatic carbocycles. The number of furan rings is 1. The fourth-order valence-electron chi connectivity index (χ4n) is 3.11. The SMILES string of the molecule is C[C@H](c1ccc(F)cc1F)N1CCN(C(=O)c2ccc(CN)o2)CC1. The molecule has 5 nitrogen and oxygen atoms in total. The molecule has 2 N–H and O–H groups in total. The van der Waals surface area contributed by atoms with Gasteiger partial charge in [0.2, 0.25) is 0 Å². The number of carbonyl (C=O) groups excluding carboxylic acids is 1. The minimum atomic E-state index is -0.584. The summed E-state index contributed by atoms with van der Waals surface area (Å²) in [5.41, 5.74) is 5.95. The predicted octanol–water partition coefficient (Wildman–Crippen LogP) is 2.54. The number of piperazine rings is 1. The lowest BCUT2D eigenvalue weighted by atomic mass is 10.1. The lowest BCUT2D eigenvalue weighted by Gasteiger charge is -2.38. The number of benzene rings is 1. The molecule has 0 spiro atoms. The van der Waals surface area contributed by atoms with Gasteiger partial charge < -0.3 is 15.1 Å². The van der Waals surface area contributed by atoms with Gasteiger partial charge in [0, 0.05) is 43.9 Å². The molecule has 1 aliphatic heterocycles. The summed E-state index contributed by atoms with van der Waals surface area (Å²) in [6.45, 7) is 4.38. The number of carbonyl (C=O) groups is 1. The summed E-state index contributed by atoms with van der Waals surface area (Å²) >= 11 is 0. The monoisotopic (exact) mass is 349 g/mol. The predicted molar refractivity (Wildman–Crippen MR) is 88.8 cm³/mol. The number of hydrogen-bond acceptors (Lipinski definition) is 4. The van der Waals surface area contributed by atoms with Gasteiger partial charge in [-0.1, -0.05) is 6.07 Å². The van der Waals surface area contributed by atoms with E-state index in [0.29, 0.717) is 37.5 Å². The van der Waals surface area contributed by atoms with E-state index < -0.39 is 11.6 Å². The second-order valence-corrected chi connectivity index (χ2v) is 6.14. The van der Waals surface area contributed by atoms with Crippen molar-refractivity contribution in [2.24, 2.45) is 5.73 Å². The van der Waals surface area contributed by atoms with Gasteiger partial charge in [-0.3, -0.25) is 9.69 Å². The molecule has 1 aromatic heterocycles. The molecule has 1 fully saturated rings. The van der Waals surface area contributed by atoms with E-state index in [2.05, 4.69) is 4.90 Å². The molecule has 2 heterocycles. The van der Waals surface area contributed by atoms with Gasteiger partial charge in [0.1, 0.15) is 17.4 Å². The summed E-state index contributed by atoms with van der Waals surface area (Å²) in [5, 5.41) is 0. The molecular weight excluding hydrogens is 328 g/mol. The quantitative estimate of drug-likeness (QED) is 0.921. The van der Waals surface area contributed by atoms with Crippen LogP contribution in [-0.2, 0) is 6.54 Å². The van der Waals surface area contributed by atoms with E-state index in [0.717, 1.165) is 6.07 Å². The van der Waals surface area contributed by atoms with Crippen LogP contribution >= 0.6 is 0 Å². The first-order valence-electron chi connectivity index (χ1n) is 8.26. The third-order valence-corrected chi connectivity index (χ3v) is 4.64. The standard InChI is InChI=1S/C18H21F2N3O2/c1-12(15-4-2-13(19)10-16(15)20)22-6-8-23(9-7-22)18(24)17-5-3-14(11-21)25-17/h2-5,10,12H,6-9,11,21H2,1H3/t12-/m1/s1. The van der Waals surface area contributed by atoms with Gasteiger partial charge in [-0.2, -0.15) is 0 Å². The molecule has 0 saturated carbocycles. The Kier molecular flexibility index (Phi) is 5.15. The van der Waals surface area contributed by atoms with Crippen molar-refractivity contribution in [1.82, 2.24) is 9.80 Å². The van der Waals surface area contributed by atoms with Crippen molar-refractivity contribution in [3.63, 3.8) is 0 Å². The molecule has 1 amide bonds. The molecule has 134 valence electrons. The van der Waals surface area contributed by atoms with Gasteiger partial charge in [0.25, 0.3) is 5.91 Å². The second kappa shape index (κ2) is 7.33. The van der Waals surface area contributed by atoms with Crippen molar-refractivity contribution in [2.75, 3.05) is 26.2 Å². The third kappa shape index (κ3) is 3.72. The zero-order valence-corrected chi connectivity index (χ0v) is 14.0. The summed E-state index contributed by atoms with van der Waals surface area (Å²) in [4.78, 5) is 16.2. The first-order valence-corrected chi connectivity index (χ1v) is 8.26. The van der Waals surface area contributed by atoms with E-state index in [1.165, 1.54) is 12.1 Å². The Morgan fingerprint density at radius 3 is 2.52 bits per heavy atom. The minimum absolute atomic E-state index is 0.167. The second-order valence-electron chi connectivity index (χ2n) is 6.14. The number of nitrogens with two attached hydrogens (primary N) is 1. The molecule has 0 unspecified atom stereocenters. The largest absolute Gasteiger partial charge is 0.455 e. The van der Waals surface area contributed by atoms with Gasteiger partial charge in [-0.05, 0) is 25.1 Å². The summed E-state index contributed by atoms with van der Waals surface area (Å²) in [7, 11) is 0. The Balaban J connectivity index is 1.62. The van der Waals surface area contributed by atoms with Gasteiger partial charge in [0.05, 0.1) is 6.54 Å². The Morgan fingerprint density at radius 1 is 1.20 bits per heavy atom. The lowest BCUT2D eigenvalue weighted by Crippen LogP contribution is -2.49. The zero-order chi connectivity index (χ0) is 18.0. The van der Waals surface area contributed by atoms with Crippen LogP contribution in [0.5, 0.6) is 0 Å². The van der Waals surface area contributed by atoms with Crippen LogP contribution < -0.4 is 5.73 Å². The number of hydrogen-bond donors (Lipinski definition) is 1. The maximum atomic E-state index is 14.0. The molecule has 1 aliphatic rings. The highest BCUT2D eigenvalue weighted by Crippen LogP contribution is 2.25. The molecule has 3 rings (SSSR count). The Bertz CT molecular complexity index is 755. The highest BCUT2D eigenvalue weighted by molar-refractivity contribution is 5.91.